The molecular weight excluding hydrogens is 208 g/mol. The van der Waals surface area contributed by atoms with Crippen LogP contribution in [0.1, 0.15) is 33.1 Å². The summed E-state index contributed by atoms with van der Waals surface area (Å²) < 4.78 is 0. The highest BCUT2D eigenvalue weighted by Crippen LogP contribution is 2.12. The molecule has 0 aliphatic heterocycles. The summed E-state index contributed by atoms with van der Waals surface area (Å²) in [5.74, 6) is 1.34. The molecule has 0 N–H and O–H groups in total. The molecule has 0 atom stereocenters. The van der Waals surface area contributed by atoms with Crippen LogP contribution in [0.5, 0.6) is 0 Å². The van der Waals surface area contributed by atoms with E-state index in [-0.39, 0.29) is 0 Å². The van der Waals surface area contributed by atoms with Crippen molar-refractivity contribution in [2.24, 2.45) is 0 Å². The minimum absolute atomic E-state index is 0.809. The number of rotatable bonds is 6. The molecule has 0 nitrogen and oxygen atoms in total. The summed E-state index contributed by atoms with van der Waals surface area (Å²) in [6.45, 7) is 4.52. The largest absolute Gasteiger partial charge is 0.159 e. The standard InChI is InChI=1S/C8H17BrS/c1-8(2)10-7-5-3-4-6-9/h8H,3-7H2,1-2H3. The fourth-order valence-corrected chi connectivity index (χ4v) is 1.93. The molecule has 0 rings (SSSR count). The van der Waals surface area contributed by atoms with E-state index in [4.69, 9.17) is 0 Å². The van der Waals surface area contributed by atoms with Gasteiger partial charge in [-0.05, 0) is 23.8 Å². The summed E-state index contributed by atoms with van der Waals surface area (Å²) in [4.78, 5) is 0. The Bertz CT molecular complexity index is 64.3. The quantitative estimate of drug-likeness (QED) is 0.490. The third-order valence-electron chi connectivity index (χ3n) is 1.23. The van der Waals surface area contributed by atoms with E-state index >= 15 is 0 Å². The van der Waals surface area contributed by atoms with Gasteiger partial charge in [0, 0.05) is 5.33 Å². The van der Waals surface area contributed by atoms with E-state index in [1.54, 1.807) is 0 Å². The molecule has 0 aliphatic rings. The SMILES string of the molecule is CC(C)SCCCCCBr. The molecule has 0 saturated heterocycles. The predicted octanol–water partition coefficient (Wildman–Crippen LogP) is 3.69. The average Bonchev–Trinajstić information content (AvgIpc) is 1.87. The number of hydrogen-bond acceptors (Lipinski definition) is 1. The molecule has 0 heterocycles. The van der Waals surface area contributed by atoms with E-state index in [2.05, 4.69) is 41.5 Å². The van der Waals surface area contributed by atoms with E-state index < -0.39 is 0 Å². The molecule has 0 bridgehead atoms. The van der Waals surface area contributed by atoms with Crippen LogP contribution in [-0.4, -0.2) is 16.3 Å². The zero-order valence-electron chi connectivity index (χ0n) is 6.90. The highest BCUT2D eigenvalue weighted by Gasteiger charge is 1.92. The van der Waals surface area contributed by atoms with Gasteiger partial charge in [0.2, 0.25) is 0 Å². The van der Waals surface area contributed by atoms with E-state index in [0.717, 1.165) is 5.25 Å². The minimum Gasteiger partial charge on any atom is -0.159 e. The molecule has 0 aromatic rings. The molecule has 2 heteroatoms. The van der Waals surface area contributed by atoms with Crippen LogP contribution in [0.3, 0.4) is 0 Å². The lowest BCUT2D eigenvalue weighted by Crippen LogP contribution is -1.89. The second-order valence-electron chi connectivity index (χ2n) is 2.67. The fourth-order valence-electron chi connectivity index (χ4n) is 0.692. The molecule has 0 aromatic carbocycles. The molecule has 0 unspecified atom stereocenters. The van der Waals surface area contributed by atoms with Crippen molar-refractivity contribution >= 4 is 27.7 Å². The topological polar surface area (TPSA) is 0 Å². The van der Waals surface area contributed by atoms with Gasteiger partial charge in [-0.3, -0.25) is 0 Å². The van der Waals surface area contributed by atoms with Crippen molar-refractivity contribution < 1.29 is 0 Å². The highest BCUT2D eigenvalue weighted by molar-refractivity contribution is 9.09. The molecule has 0 radical (unpaired) electrons. The van der Waals surface area contributed by atoms with E-state index in [9.17, 15) is 0 Å². The van der Waals surface area contributed by atoms with Crippen molar-refractivity contribution in [1.82, 2.24) is 0 Å². The number of hydrogen-bond donors (Lipinski definition) is 0. The summed E-state index contributed by atoms with van der Waals surface area (Å²) in [7, 11) is 0. The first-order valence-electron chi connectivity index (χ1n) is 3.95. The molecule has 0 fully saturated rings. The Morgan fingerprint density at radius 3 is 2.40 bits per heavy atom. The first kappa shape index (κ1) is 10.8. The maximum Gasteiger partial charge on any atom is 0.00313 e. The Morgan fingerprint density at radius 2 is 1.90 bits per heavy atom. The Morgan fingerprint density at radius 1 is 1.20 bits per heavy atom. The lowest BCUT2D eigenvalue weighted by atomic mass is 10.3. The van der Waals surface area contributed by atoms with Gasteiger partial charge in [0.05, 0.1) is 0 Å². The predicted molar refractivity (Wildman–Crippen MR) is 55.2 cm³/mol. The molecule has 0 saturated carbocycles. The van der Waals surface area contributed by atoms with Crippen LogP contribution in [0.4, 0.5) is 0 Å². The third kappa shape index (κ3) is 8.83. The van der Waals surface area contributed by atoms with E-state index in [1.165, 1.54) is 30.3 Å². The Hall–Kier alpha value is 0.830. The summed E-state index contributed by atoms with van der Waals surface area (Å²) in [6.07, 6.45) is 4.10. The van der Waals surface area contributed by atoms with Crippen LogP contribution in [0, 0.1) is 0 Å². The van der Waals surface area contributed by atoms with Crippen LogP contribution < -0.4 is 0 Å². The van der Waals surface area contributed by atoms with Crippen LogP contribution in [0.25, 0.3) is 0 Å². The fraction of sp³-hybridized carbons (Fsp3) is 1.00. The maximum absolute atomic E-state index is 3.42. The van der Waals surface area contributed by atoms with Gasteiger partial charge in [0.15, 0.2) is 0 Å². The van der Waals surface area contributed by atoms with E-state index in [1.807, 2.05) is 0 Å². The monoisotopic (exact) mass is 224 g/mol. The van der Waals surface area contributed by atoms with Crippen molar-refractivity contribution in [3.05, 3.63) is 0 Å². The van der Waals surface area contributed by atoms with Gasteiger partial charge in [-0.2, -0.15) is 11.8 Å². The van der Waals surface area contributed by atoms with Gasteiger partial charge in [0.1, 0.15) is 0 Å². The van der Waals surface area contributed by atoms with Gasteiger partial charge in [-0.15, -0.1) is 0 Å². The maximum atomic E-state index is 3.42. The summed E-state index contributed by atoms with van der Waals surface area (Å²) in [5, 5.41) is 1.98. The molecular formula is C8H17BrS. The molecule has 10 heavy (non-hydrogen) atoms. The summed E-state index contributed by atoms with van der Waals surface area (Å²) in [5.41, 5.74) is 0. The second-order valence-corrected chi connectivity index (χ2v) is 5.15. The molecule has 0 amide bonds. The van der Waals surface area contributed by atoms with Crippen molar-refractivity contribution in [1.29, 1.82) is 0 Å². The number of thioether (sulfide) groups is 1. The van der Waals surface area contributed by atoms with Crippen LogP contribution in [0.15, 0.2) is 0 Å². The molecule has 0 spiro atoms. The number of alkyl halides is 1. The lowest BCUT2D eigenvalue weighted by molar-refractivity contribution is 0.787. The smallest absolute Gasteiger partial charge is 0.00313 e. The zero-order valence-corrected chi connectivity index (χ0v) is 9.30. The first-order chi connectivity index (χ1) is 4.77. The number of unbranched alkanes of at least 4 members (excludes halogenated alkanes) is 2. The van der Waals surface area contributed by atoms with Gasteiger partial charge >= 0.3 is 0 Å². The Labute approximate surface area is 77.3 Å². The van der Waals surface area contributed by atoms with Crippen molar-refractivity contribution in [2.45, 2.75) is 38.4 Å². The van der Waals surface area contributed by atoms with Gasteiger partial charge < -0.3 is 0 Å². The van der Waals surface area contributed by atoms with Crippen molar-refractivity contribution in [2.75, 3.05) is 11.1 Å². The Kier molecular flexibility index (Phi) is 8.59. The van der Waals surface area contributed by atoms with Gasteiger partial charge in [0.25, 0.3) is 0 Å². The van der Waals surface area contributed by atoms with Crippen molar-refractivity contribution in [3.8, 4) is 0 Å². The minimum atomic E-state index is 0.809. The van der Waals surface area contributed by atoms with Crippen LogP contribution in [-0.2, 0) is 0 Å². The summed E-state index contributed by atoms with van der Waals surface area (Å²) in [6, 6.07) is 0. The van der Waals surface area contributed by atoms with Crippen LogP contribution in [0.2, 0.25) is 0 Å². The highest BCUT2D eigenvalue weighted by atomic mass is 79.9. The Balaban J connectivity index is 2.77. The molecule has 62 valence electrons. The van der Waals surface area contributed by atoms with Gasteiger partial charge in [-0.25, -0.2) is 0 Å². The molecule has 0 aromatic heterocycles. The number of halogens is 1. The third-order valence-corrected chi connectivity index (χ3v) is 2.98. The van der Waals surface area contributed by atoms with E-state index in [0.29, 0.717) is 0 Å². The van der Waals surface area contributed by atoms with Crippen LogP contribution >= 0.6 is 27.7 Å². The average molecular weight is 225 g/mol. The summed E-state index contributed by atoms with van der Waals surface area (Å²) >= 11 is 5.49. The normalized spacial score (nSPS) is 10.8. The lowest BCUT2D eigenvalue weighted by Gasteiger charge is -2.02. The molecule has 0 aliphatic carbocycles. The van der Waals surface area contributed by atoms with Gasteiger partial charge in [-0.1, -0.05) is 36.2 Å². The first-order valence-corrected chi connectivity index (χ1v) is 6.12. The second kappa shape index (κ2) is 7.93. The zero-order chi connectivity index (χ0) is 7.82. The van der Waals surface area contributed by atoms with Crippen molar-refractivity contribution in [3.63, 3.8) is 0 Å².